The average molecular weight is 383 g/mol. The van der Waals surface area contributed by atoms with Crippen LogP contribution in [0.15, 0.2) is 40.8 Å². The minimum absolute atomic E-state index is 0.0478. The molecule has 1 aliphatic heterocycles. The number of hydrogen-bond donors (Lipinski definition) is 1. The third-order valence-corrected chi connectivity index (χ3v) is 4.82. The zero-order valence-electron chi connectivity index (χ0n) is 15.0. The highest BCUT2D eigenvalue weighted by atomic mass is 16.6. The summed E-state index contributed by atoms with van der Waals surface area (Å²) >= 11 is 0. The number of carboxylic acids is 1. The first-order valence-corrected chi connectivity index (χ1v) is 8.62. The third-order valence-electron chi connectivity index (χ3n) is 4.82. The van der Waals surface area contributed by atoms with Gasteiger partial charge in [-0.25, -0.2) is 0 Å². The molecule has 0 bridgehead atoms. The molecule has 0 aliphatic carbocycles. The van der Waals surface area contributed by atoms with Crippen LogP contribution in [0, 0.1) is 17.0 Å². The number of nitro benzene ring substituents is 1. The molecule has 1 aromatic carbocycles. The van der Waals surface area contributed by atoms with E-state index in [1.165, 1.54) is 6.07 Å². The van der Waals surface area contributed by atoms with E-state index in [0.29, 0.717) is 35.3 Å². The number of hydrogen-bond acceptors (Lipinski definition) is 7. The van der Waals surface area contributed by atoms with Gasteiger partial charge in [0.05, 0.1) is 30.1 Å². The number of aromatic nitrogens is 3. The Morgan fingerprint density at radius 3 is 2.86 bits per heavy atom. The van der Waals surface area contributed by atoms with Gasteiger partial charge < -0.3 is 14.1 Å². The van der Waals surface area contributed by atoms with Gasteiger partial charge in [-0.05, 0) is 25.1 Å². The van der Waals surface area contributed by atoms with Gasteiger partial charge in [0, 0.05) is 6.07 Å². The molecule has 3 aromatic rings. The number of furan rings is 1. The molecular weight excluding hydrogens is 366 g/mol. The maximum Gasteiger partial charge on any atom is 0.322 e. The van der Waals surface area contributed by atoms with E-state index < -0.39 is 16.9 Å². The zero-order valence-corrected chi connectivity index (χ0v) is 15.0. The molecule has 1 N–H and O–H groups in total. The Labute approximate surface area is 159 Å². The van der Waals surface area contributed by atoms with Crippen molar-refractivity contribution in [1.29, 1.82) is 0 Å². The fourth-order valence-electron chi connectivity index (χ4n) is 3.41. The molecule has 28 heavy (non-hydrogen) atoms. The minimum atomic E-state index is -0.941. The predicted octanol–water partition coefficient (Wildman–Crippen LogP) is 2.22. The average Bonchev–Trinajstić information content (AvgIpc) is 3.28. The lowest BCUT2D eigenvalue weighted by Gasteiger charge is -2.32. The Kier molecular flexibility index (Phi) is 4.40. The highest BCUT2D eigenvalue weighted by molar-refractivity contribution is 5.73. The lowest BCUT2D eigenvalue weighted by atomic mass is 10.1. The van der Waals surface area contributed by atoms with Crippen LogP contribution in [0.4, 0.5) is 5.69 Å². The van der Waals surface area contributed by atoms with E-state index in [4.69, 9.17) is 4.42 Å². The molecule has 144 valence electrons. The Bertz CT molecular complexity index is 1060. The number of benzene rings is 1. The summed E-state index contributed by atoms with van der Waals surface area (Å²) in [5, 5.41) is 29.0. The van der Waals surface area contributed by atoms with Crippen molar-refractivity contribution >= 4 is 11.7 Å². The van der Waals surface area contributed by atoms with Crippen molar-refractivity contribution in [3.8, 4) is 11.3 Å². The van der Waals surface area contributed by atoms with Crippen LogP contribution >= 0.6 is 0 Å². The molecule has 0 spiro atoms. The number of para-hydroxylation sites is 1. The van der Waals surface area contributed by atoms with E-state index in [9.17, 15) is 20.0 Å². The van der Waals surface area contributed by atoms with E-state index in [1.54, 1.807) is 46.7 Å². The highest BCUT2D eigenvalue weighted by Crippen LogP contribution is 2.31. The maximum absolute atomic E-state index is 11.7. The molecule has 0 saturated carbocycles. The SMILES string of the molecule is Cc1nnc2n1CC(C(=O)O)N(Cc1ccc(-c3ccccc3[N+](=O)[O-])o1)C2. The molecule has 0 saturated heterocycles. The number of aliphatic carboxylic acids is 1. The van der Waals surface area contributed by atoms with E-state index in [-0.39, 0.29) is 18.8 Å². The van der Waals surface area contributed by atoms with Crippen molar-refractivity contribution in [2.45, 2.75) is 32.6 Å². The summed E-state index contributed by atoms with van der Waals surface area (Å²) in [6.07, 6.45) is 0. The van der Waals surface area contributed by atoms with Crippen LogP contribution in [0.1, 0.15) is 17.4 Å². The van der Waals surface area contributed by atoms with Crippen LogP contribution in [0.5, 0.6) is 0 Å². The van der Waals surface area contributed by atoms with Crippen LogP contribution in [0.25, 0.3) is 11.3 Å². The normalized spacial score (nSPS) is 16.7. The Hall–Kier alpha value is -3.53. The Morgan fingerprint density at radius 1 is 1.32 bits per heavy atom. The van der Waals surface area contributed by atoms with Crippen LogP contribution in [-0.4, -0.2) is 41.7 Å². The predicted molar refractivity (Wildman–Crippen MR) is 96.2 cm³/mol. The molecule has 3 heterocycles. The summed E-state index contributed by atoms with van der Waals surface area (Å²) < 4.78 is 7.60. The van der Waals surface area contributed by atoms with Gasteiger partial charge in [0.1, 0.15) is 29.2 Å². The summed E-state index contributed by atoms with van der Waals surface area (Å²) in [6, 6.07) is 8.94. The molecule has 4 rings (SSSR count). The van der Waals surface area contributed by atoms with Crippen molar-refractivity contribution in [2.75, 3.05) is 0 Å². The first kappa shape index (κ1) is 17.9. The van der Waals surface area contributed by atoms with E-state index in [2.05, 4.69) is 10.2 Å². The number of carbonyl (C=O) groups is 1. The lowest BCUT2D eigenvalue weighted by molar-refractivity contribution is -0.384. The highest BCUT2D eigenvalue weighted by Gasteiger charge is 2.34. The lowest BCUT2D eigenvalue weighted by Crippen LogP contribution is -2.47. The smallest absolute Gasteiger partial charge is 0.322 e. The standard InChI is InChI=1S/C18H17N5O5/c1-11-19-20-17-10-21(15(18(24)25)9-22(11)17)8-12-6-7-16(28-12)13-4-2-3-5-14(13)23(26)27/h2-7,15H,8-10H2,1H3,(H,24,25). The van der Waals surface area contributed by atoms with Gasteiger partial charge >= 0.3 is 5.97 Å². The second kappa shape index (κ2) is 6.89. The number of rotatable bonds is 5. The van der Waals surface area contributed by atoms with Crippen molar-refractivity contribution in [3.63, 3.8) is 0 Å². The van der Waals surface area contributed by atoms with Crippen LogP contribution in [-0.2, 0) is 24.4 Å². The quantitative estimate of drug-likeness (QED) is 0.525. The van der Waals surface area contributed by atoms with Gasteiger partial charge in [-0.3, -0.25) is 19.8 Å². The largest absolute Gasteiger partial charge is 0.480 e. The Morgan fingerprint density at radius 2 is 2.11 bits per heavy atom. The molecule has 0 fully saturated rings. The van der Waals surface area contributed by atoms with Crippen molar-refractivity contribution in [1.82, 2.24) is 19.7 Å². The van der Waals surface area contributed by atoms with E-state index in [1.807, 2.05) is 0 Å². The molecule has 2 aromatic heterocycles. The Balaban J connectivity index is 1.60. The van der Waals surface area contributed by atoms with Crippen LogP contribution in [0.3, 0.4) is 0 Å². The number of aryl methyl sites for hydroxylation is 1. The van der Waals surface area contributed by atoms with Gasteiger partial charge in [0.15, 0.2) is 0 Å². The van der Waals surface area contributed by atoms with Gasteiger partial charge in [-0.15, -0.1) is 10.2 Å². The summed E-state index contributed by atoms with van der Waals surface area (Å²) in [5.41, 5.74) is 0.330. The van der Waals surface area contributed by atoms with Gasteiger partial charge in [-0.2, -0.15) is 0 Å². The topological polar surface area (TPSA) is 128 Å². The summed E-state index contributed by atoms with van der Waals surface area (Å²) in [5.74, 6) is 1.32. The first-order valence-electron chi connectivity index (χ1n) is 8.62. The molecule has 1 aliphatic rings. The number of carboxylic acid groups (broad SMARTS) is 1. The molecule has 0 radical (unpaired) electrons. The second-order valence-corrected chi connectivity index (χ2v) is 6.57. The fourth-order valence-corrected chi connectivity index (χ4v) is 3.41. The minimum Gasteiger partial charge on any atom is -0.480 e. The van der Waals surface area contributed by atoms with Crippen molar-refractivity contribution in [3.05, 3.63) is 63.9 Å². The molecule has 1 unspecified atom stereocenters. The third kappa shape index (κ3) is 3.14. The molecule has 1 atom stereocenters. The monoisotopic (exact) mass is 383 g/mol. The van der Waals surface area contributed by atoms with Crippen LogP contribution in [0.2, 0.25) is 0 Å². The van der Waals surface area contributed by atoms with Crippen LogP contribution < -0.4 is 0 Å². The number of fused-ring (bicyclic) bond motifs is 1. The summed E-state index contributed by atoms with van der Waals surface area (Å²) in [4.78, 5) is 24.3. The molecular formula is C18H17N5O5. The fraction of sp³-hybridized carbons (Fsp3) is 0.278. The van der Waals surface area contributed by atoms with Gasteiger partial charge in [0.25, 0.3) is 5.69 Å². The second-order valence-electron chi connectivity index (χ2n) is 6.57. The van der Waals surface area contributed by atoms with Crippen molar-refractivity contribution < 1.29 is 19.2 Å². The van der Waals surface area contributed by atoms with Crippen molar-refractivity contribution in [2.24, 2.45) is 0 Å². The zero-order chi connectivity index (χ0) is 19.8. The number of nitro groups is 1. The first-order chi connectivity index (χ1) is 13.4. The van der Waals surface area contributed by atoms with Gasteiger partial charge in [-0.1, -0.05) is 12.1 Å². The van der Waals surface area contributed by atoms with E-state index >= 15 is 0 Å². The number of nitrogens with zero attached hydrogens (tertiary/aromatic N) is 5. The van der Waals surface area contributed by atoms with Gasteiger partial charge in [0.2, 0.25) is 0 Å². The maximum atomic E-state index is 11.7. The molecule has 10 nitrogen and oxygen atoms in total. The summed E-state index contributed by atoms with van der Waals surface area (Å²) in [7, 11) is 0. The summed E-state index contributed by atoms with van der Waals surface area (Å²) in [6.45, 7) is 2.60. The molecule has 10 heteroatoms. The van der Waals surface area contributed by atoms with E-state index in [0.717, 1.165) is 0 Å². The molecule has 0 amide bonds.